The summed E-state index contributed by atoms with van der Waals surface area (Å²) < 4.78 is 12.0. The molecule has 1 aliphatic heterocycles. The van der Waals surface area contributed by atoms with Crippen LogP contribution in [-0.2, 0) is 4.74 Å². The molecule has 1 heterocycles. The van der Waals surface area contributed by atoms with Crippen LogP contribution in [-0.4, -0.2) is 24.9 Å². The third kappa shape index (κ3) is 2.54. The summed E-state index contributed by atoms with van der Waals surface area (Å²) in [6.07, 6.45) is 3.34. The van der Waals surface area contributed by atoms with Crippen molar-refractivity contribution in [1.82, 2.24) is 5.32 Å². The van der Waals surface area contributed by atoms with Crippen molar-refractivity contribution in [3.63, 3.8) is 0 Å². The summed E-state index contributed by atoms with van der Waals surface area (Å²) in [5.41, 5.74) is 1.14. The molecule has 1 aliphatic carbocycles. The first-order valence-electron chi connectivity index (χ1n) is 7.49. The maximum atomic E-state index is 6.28. The van der Waals surface area contributed by atoms with Gasteiger partial charge in [0.15, 0.2) is 0 Å². The highest BCUT2D eigenvalue weighted by Crippen LogP contribution is 2.50. The average Bonchev–Trinajstić information content (AvgIpc) is 2.38. The van der Waals surface area contributed by atoms with Crippen LogP contribution in [0.1, 0.15) is 44.7 Å². The van der Waals surface area contributed by atoms with Gasteiger partial charge in [-0.25, -0.2) is 0 Å². The quantitative estimate of drug-likeness (QED) is 0.918. The Labute approximate surface area is 125 Å². The lowest BCUT2D eigenvalue weighted by atomic mass is 9.71. The van der Waals surface area contributed by atoms with E-state index in [1.54, 1.807) is 0 Å². The molecule has 0 amide bonds. The molecule has 1 N–H and O–H groups in total. The van der Waals surface area contributed by atoms with Gasteiger partial charge in [0, 0.05) is 42.5 Å². The predicted octanol–water partition coefficient (Wildman–Crippen LogP) is 3.71. The maximum Gasteiger partial charge on any atom is 0.125 e. The van der Waals surface area contributed by atoms with Crippen molar-refractivity contribution in [1.29, 1.82) is 0 Å². The first kappa shape index (κ1) is 14.2. The highest BCUT2D eigenvalue weighted by atomic mass is 35.5. The molecule has 3 nitrogen and oxygen atoms in total. The van der Waals surface area contributed by atoms with Gasteiger partial charge < -0.3 is 14.8 Å². The first-order chi connectivity index (χ1) is 9.65. The third-order valence-electron chi connectivity index (χ3n) is 4.30. The molecule has 0 saturated heterocycles. The number of benzene rings is 1. The lowest BCUT2D eigenvalue weighted by Crippen LogP contribution is -2.56. The molecule has 110 valence electrons. The Bertz CT molecular complexity index is 485. The van der Waals surface area contributed by atoms with Crippen molar-refractivity contribution in [2.75, 3.05) is 13.2 Å². The second-order valence-corrected chi connectivity index (χ2v) is 6.20. The van der Waals surface area contributed by atoms with Gasteiger partial charge >= 0.3 is 0 Å². The number of hydrogen-bond acceptors (Lipinski definition) is 3. The van der Waals surface area contributed by atoms with Gasteiger partial charge in [0.25, 0.3) is 0 Å². The van der Waals surface area contributed by atoms with E-state index < -0.39 is 0 Å². The van der Waals surface area contributed by atoms with Crippen LogP contribution in [0.2, 0.25) is 5.02 Å². The van der Waals surface area contributed by atoms with Crippen LogP contribution < -0.4 is 10.1 Å². The molecule has 4 heteroatoms. The number of nitrogens with one attached hydrogen (secondary N) is 1. The Morgan fingerprint density at radius 3 is 2.85 bits per heavy atom. The fourth-order valence-electron chi connectivity index (χ4n) is 3.44. The predicted molar refractivity (Wildman–Crippen MR) is 80.5 cm³/mol. The Hall–Kier alpha value is -0.770. The number of hydrogen-bond donors (Lipinski definition) is 1. The van der Waals surface area contributed by atoms with Gasteiger partial charge in [0.1, 0.15) is 11.4 Å². The van der Waals surface area contributed by atoms with E-state index in [4.69, 9.17) is 21.1 Å². The highest BCUT2D eigenvalue weighted by molar-refractivity contribution is 6.30. The summed E-state index contributed by atoms with van der Waals surface area (Å²) in [5.74, 6) is 0.974. The summed E-state index contributed by atoms with van der Waals surface area (Å²) in [7, 11) is 0. The Kier molecular flexibility index (Phi) is 3.93. The summed E-state index contributed by atoms with van der Waals surface area (Å²) in [4.78, 5) is 0. The monoisotopic (exact) mass is 295 g/mol. The van der Waals surface area contributed by atoms with Gasteiger partial charge in [0.2, 0.25) is 0 Å². The molecule has 1 atom stereocenters. The smallest absolute Gasteiger partial charge is 0.125 e. The fraction of sp³-hybridized carbons (Fsp3) is 0.625. The van der Waals surface area contributed by atoms with Gasteiger partial charge in [-0.05, 0) is 31.7 Å². The van der Waals surface area contributed by atoms with Gasteiger partial charge in [-0.1, -0.05) is 18.5 Å². The van der Waals surface area contributed by atoms with E-state index >= 15 is 0 Å². The van der Waals surface area contributed by atoms with Crippen molar-refractivity contribution in [3.05, 3.63) is 28.8 Å². The van der Waals surface area contributed by atoms with Crippen LogP contribution in [0.25, 0.3) is 0 Å². The maximum absolute atomic E-state index is 6.28. The molecule has 0 radical (unpaired) electrons. The molecule has 1 aromatic rings. The number of rotatable bonds is 4. The van der Waals surface area contributed by atoms with Crippen LogP contribution in [0.3, 0.4) is 0 Å². The normalized spacial score (nSPS) is 31.6. The van der Waals surface area contributed by atoms with E-state index in [0.29, 0.717) is 12.1 Å². The zero-order valence-electron chi connectivity index (χ0n) is 12.1. The summed E-state index contributed by atoms with van der Waals surface area (Å²) >= 11 is 6.12. The number of halogens is 1. The SMILES string of the molecule is CCNC1CC2(CC(OCC)C2)Oc2ccc(Cl)cc21. The van der Waals surface area contributed by atoms with E-state index in [0.717, 1.165) is 43.2 Å². The Balaban J connectivity index is 1.81. The van der Waals surface area contributed by atoms with Crippen molar-refractivity contribution in [2.45, 2.75) is 50.9 Å². The Morgan fingerprint density at radius 1 is 1.35 bits per heavy atom. The second kappa shape index (κ2) is 5.55. The van der Waals surface area contributed by atoms with E-state index in [1.165, 1.54) is 5.56 Å². The molecule has 1 unspecified atom stereocenters. The zero-order chi connectivity index (χ0) is 14.2. The molecular formula is C16H22ClNO2. The molecule has 20 heavy (non-hydrogen) atoms. The standard InChI is InChI=1S/C16H22ClNO2/c1-3-18-14-10-16(8-12(9-16)19-4-2)20-15-6-5-11(17)7-13(14)15/h5-7,12,14,18H,3-4,8-10H2,1-2H3. The molecule has 1 aromatic carbocycles. The first-order valence-corrected chi connectivity index (χ1v) is 7.87. The largest absolute Gasteiger partial charge is 0.487 e. The highest BCUT2D eigenvalue weighted by Gasteiger charge is 2.51. The van der Waals surface area contributed by atoms with Crippen LogP contribution in [0.15, 0.2) is 18.2 Å². The van der Waals surface area contributed by atoms with Crippen LogP contribution in [0.4, 0.5) is 0 Å². The van der Waals surface area contributed by atoms with Crippen molar-refractivity contribution < 1.29 is 9.47 Å². The lowest BCUT2D eigenvalue weighted by Gasteiger charge is -2.51. The fourth-order valence-corrected chi connectivity index (χ4v) is 3.62. The van der Waals surface area contributed by atoms with Gasteiger partial charge in [-0.3, -0.25) is 0 Å². The van der Waals surface area contributed by atoms with E-state index in [9.17, 15) is 0 Å². The molecular weight excluding hydrogens is 274 g/mol. The molecule has 1 saturated carbocycles. The topological polar surface area (TPSA) is 30.5 Å². The Morgan fingerprint density at radius 2 is 2.15 bits per heavy atom. The van der Waals surface area contributed by atoms with Crippen LogP contribution in [0.5, 0.6) is 5.75 Å². The number of fused-ring (bicyclic) bond motifs is 1. The van der Waals surface area contributed by atoms with Gasteiger partial charge in [-0.2, -0.15) is 0 Å². The summed E-state index contributed by atoms with van der Waals surface area (Å²) in [6, 6.07) is 6.25. The van der Waals surface area contributed by atoms with Gasteiger partial charge in [-0.15, -0.1) is 0 Å². The molecule has 0 bridgehead atoms. The van der Waals surface area contributed by atoms with Crippen molar-refractivity contribution in [2.24, 2.45) is 0 Å². The second-order valence-electron chi connectivity index (χ2n) is 5.77. The van der Waals surface area contributed by atoms with Crippen molar-refractivity contribution in [3.8, 4) is 5.75 Å². The zero-order valence-corrected chi connectivity index (χ0v) is 12.9. The minimum Gasteiger partial charge on any atom is -0.487 e. The summed E-state index contributed by atoms with van der Waals surface area (Å²) in [6.45, 7) is 5.91. The van der Waals surface area contributed by atoms with Crippen molar-refractivity contribution >= 4 is 11.6 Å². The molecule has 2 aliphatic rings. The van der Waals surface area contributed by atoms with E-state index in [-0.39, 0.29) is 5.60 Å². The van der Waals surface area contributed by atoms with E-state index in [1.807, 2.05) is 25.1 Å². The van der Waals surface area contributed by atoms with Crippen LogP contribution in [0, 0.1) is 0 Å². The molecule has 1 fully saturated rings. The minimum atomic E-state index is -0.0481. The third-order valence-corrected chi connectivity index (χ3v) is 4.54. The minimum absolute atomic E-state index is 0.0481. The average molecular weight is 296 g/mol. The molecule has 1 spiro atoms. The van der Waals surface area contributed by atoms with Crippen LogP contribution >= 0.6 is 11.6 Å². The number of ether oxygens (including phenoxy) is 2. The molecule has 3 rings (SSSR count). The summed E-state index contributed by atoms with van der Waals surface area (Å²) in [5, 5.41) is 4.33. The van der Waals surface area contributed by atoms with E-state index in [2.05, 4.69) is 12.2 Å². The molecule has 0 aromatic heterocycles. The lowest BCUT2D eigenvalue weighted by molar-refractivity contribution is -0.135. The van der Waals surface area contributed by atoms with Gasteiger partial charge in [0.05, 0.1) is 6.10 Å².